The number of hydrogen-bond acceptors (Lipinski definition) is 6. The van der Waals surface area contributed by atoms with Crippen LogP contribution in [0.3, 0.4) is 0 Å². The van der Waals surface area contributed by atoms with E-state index in [1.54, 1.807) is 16.7 Å². The van der Waals surface area contributed by atoms with Gasteiger partial charge in [0.15, 0.2) is 0 Å². The van der Waals surface area contributed by atoms with Gasteiger partial charge in [0.2, 0.25) is 10.0 Å². The van der Waals surface area contributed by atoms with Crippen LogP contribution in [0, 0.1) is 11.3 Å². The molecule has 0 amide bonds. The summed E-state index contributed by atoms with van der Waals surface area (Å²) in [6, 6.07) is 13.1. The number of hydrogen-bond donors (Lipinski definition) is 0. The molecule has 30 heavy (non-hydrogen) atoms. The molecule has 1 aromatic carbocycles. The van der Waals surface area contributed by atoms with E-state index < -0.39 is 10.0 Å². The fourth-order valence-electron chi connectivity index (χ4n) is 3.77. The minimum absolute atomic E-state index is 0.0229. The van der Waals surface area contributed by atoms with E-state index in [1.165, 1.54) is 26.6 Å². The van der Waals surface area contributed by atoms with Gasteiger partial charge in [-0.2, -0.15) is 10.4 Å². The predicted octanol–water partition coefficient (Wildman–Crippen LogP) is 2.15. The van der Waals surface area contributed by atoms with Crippen molar-refractivity contribution in [2.45, 2.75) is 25.3 Å². The quantitative estimate of drug-likeness (QED) is 0.601. The molecular weight excluding hydrogens is 422 g/mol. The van der Waals surface area contributed by atoms with Crippen molar-refractivity contribution in [3.8, 4) is 11.1 Å². The SMILES string of the molecule is CS(=O)(=O)N1CCC(c2nn(Cc3ccccc3C#N)c(=O)n2-c2cccs2)CC1. The zero-order valence-corrected chi connectivity index (χ0v) is 18.1. The largest absolute Gasteiger partial charge is 0.351 e. The lowest BCUT2D eigenvalue weighted by Gasteiger charge is -2.29. The third kappa shape index (κ3) is 3.96. The minimum Gasteiger partial charge on any atom is -0.246 e. The number of piperidine rings is 1. The van der Waals surface area contributed by atoms with E-state index in [4.69, 9.17) is 0 Å². The normalized spacial score (nSPS) is 15.9. The highest BCUT2D eigenvalue weighted by molar-refractivity contribution is 7.88. The number of thiophene rings is 1. The number of nitriles is 1. The Morgan fingerprint density at radius 1 is 1.20 bits per heavy atom. The molecule has 1 fully saturated rings. The van der Waals surface area contributed by atoms with Crippen molar-refractivity contribution in [2.75, 3.05) is 19.3 Å². The summed E-state index contributed by atoms with van der Waals surface area (Å²) in [4.78, 5) is 13.2. The maximum atomic E-state index is 13.2. The average Bonchev–Trinajstić information content (AvgIpc) is 3.36. The fraction of sp³-hybridized carbons (Fsp3) is 0.350. The molecule has 0 radical (unpaired) electrons. The molecule has 2 aromatic heterocycles. The van der Waals surface area contributed by atoms with Gasteiger partial charge in [-0.3, -0.25) is 0 Å². The van der Waals surface area contributed by atoms with Gasteiger partial charge >= 0.3 is 5.69 Å². The Hall–Kier alpha value is -2.74. The van der Waals surface area contributed by atoms with E-state index in [1.807, 2.05) is 29.6 Å². The van der Waals surface area contributed by atoms with Gasteiger partial charge in [-0.05, 0) is 42.0 Å². The lowest BCUT2D eigenvalue weighted by atomic mass is 9.97. The Kier molecular flexibility index (Phi) is 5.60. The molecule has 1 aliphatic rings. The van der Waals surface area contributed by atoms with Crippen molar-refractivity contribution >= 4 is 21.4 Å². The zero-order chi connectivity index (χ0) is 21.3. The van der Waals surface area contributed by atoms with Gasteiger partial charge in [0.1, 0.15) is 10.8 Å². The highest BCUT2D eigenvalue weighted by Gasteiger charge is 2.30. The molecule has 3 aromatic rings. The molecule has 0 saturated carbocycles. The van der Waals surface area contributed by atoms with Gasteiger partial charge in [-0.25, -0.2) is 26.8 Å². The summed E-state index contributed by atoms with van der Waals surface area (Å²) in [6.07, 6.45) is 2.42. The average molecular weight is 444 g/mol. The summed E-state index contributed by atoms with van der Waals surface area (Å²) < 4.78 is 28.2. The molecular formula is C20H21N5O3S2. The molecule has 0 atom stereocenters. The number of sulfonamides is 1. The summed E-state index contributed by atoms with van der Waals surface area (Å²) in [5.74, 6) is 0.621. The second-order valence-corrected chi connectivity index (χ2v) is 10.2. The van der Waals surface area contributed by atoms with Gasteiger partial charge in [0, 0.05) is 19.0 Å². The van der Waals surface area contributed by atoms with E-state index in [0.29, 0.717) is 37.3 Å². The molecule has 0 aliphatic carbocycles. The maximum Gasteiger partial charge on any atom is 0.351 e. The molecule has 0 bridgehead atoms. The Bertz CT molecular complexity index is 1240. The first kappa shape index (κ1) is 20.5. The van der Waals surface area contributed by atoms with E-state index in [9.17, 15) is 18.5 Å². The van der Waals surface area contributed by atoms with Crippen LogP contribution < -0.4 is 5.69 Å². The van der Waals surface area contributed by atoms with Gasteiger partial charge in [0.25, 0.3) is 0 Å². The zero-order valence-electron chi connectivity index (χ0n) is 16.4. The van der Waals surface area contributed by atoms with E-state index in [0.717, 1.165) is 10.6 Å². The van der Waals surface area contributed by atoms with Crippen molar-refractivity contribution in [2.24, 2.45) is 0 Å². The number of aromatic nitrogens is 3. The van der Waals surface area contributed by atoms with E-state index in [2.05, 4.69) is 11.2 Å². The molecule has 0 unspecified atom stereocenters. The Balaban J connectivity index is 1.71. The lowest BCUT2D eigenvalue weighted by Crippen LogP contribution is -2.37. The first-order chi connectivity index (χ1) is 14.4. The smallest absolute Gasteiger partial charge is 0.246 e. The number of rotatable bonds is 5. The Morgan fingerprint density at radius 3 is 2.57 bits per heavy atom. The second-order valence-electron chi connectivity index (χ2n) is 7.29. The second kappa shape index (κ2) is 8.18. The Labute approximate surface area is 178 Å². The Morgan fingerprint density at radius 2 is 1.93 bits per heavy atom. The van der Waals surface area contributed by atoms with Crippen LogP contribution in [0.15, 0.2) is 46.6 Å². The molecule has 1 aliphatic heterocycles. The molecule has 156 valence electrons. The van der Waals surface area contributed by atoms with Crippen LogP contribution in [0.2, 0.25) is 0 Å². The maximum absolute atomic E-state index is 13.2. The predicted molar refractivity (Wildman–Crippen MR) is 114 cm³/mol. The van der Waals surface area contributed by atoms with E-state index >= 15 is 0 Å². The monoisotopic (exact) mass is 443 g/mol. The number of benzene rings is 1. The van der Waals surface area contributed by atoms with Crippen LogP contribution in [-0.2, 0) is 16.6 Å². The van der Waals surface area contributed by atoms with E-state index in [-0.39, 0.29) is 18.2 Å². The van der Waals surface area contributed by atoms with Crippen molar-refractivity contribution < 1.29 is 8.42 Å². The minimum atomic E-state index is -3.23. The van der Waals surface area contributed by atoms with Crippen molar-refractivity contribution in [1.82, 2.24) is 18.7 Å². The summed E-state index contributed by atoms with van der Waals surface area (Å²) in [6.45, 7) is 1.02. The number of nitrogens with zero attached hydrogens (tertiary/aromatic N) is 5. The van der Waals surface area contributed by atoms with Crippen molar-refractivity contribution in [1.29, 1.82) is 5.26 Å². The molecule has 0 spiro atoms. The summed E-state index contributed by atoms with van der Waals surface area (Å²) in [7, 11) is -3.23. The van der Waals surface area contributed by atoms with Gasteiger partial charge in [-0.1, -0.05) is 18.2 Å². The lowest BCUT2D eigenvalue weighted by molar-refractivity contribution is 0.313. The first-order valence-electron chi connectivity index (χ1n) is 9.55. The molecule has 4 rings (SSSR count). The molecule has 0 N–H and O–H groups in total. The van der Waals surface area contributed by atoms with Crippen LogP contribution in [0.25, 0.3) is 5.00 Å². The summed E-state index contributed by atoms with van der Waals surface area (Å²) in [5, 5.41) is 16.7. The van der Waals surface area contributed by atoms with Crippen LogP contribution in [0.4, 0.5) is 0 Å². The van der Waals surface area contributed by atoms with Crippen LogP contribution in [0.1, 0.15) is 35.7 Å². The van der Waals surface area contributed by atoms with Crippen LogP contribution in [-0.4, -0.2) is 46.4 Å². The standard InChI is InChI=1S/C20H21N5O3S2/c1-30(27,28)23-10-8-15(9-11-23)19-22-24(14-17-6-3-2-5-16(17)13-21)20(26)25(19)18-7-4-12-29-18/h2-7,12,15H,8-11,14H2,1H3. The van der Waals surface area contributed by atoms with Gasteiger partial charge in [-0.15, -0.1) is 11.3 Å². The topological polar surface area (TPSA) is 101 Å². The first-order valence-corrected chi connectivity index (χ1v) is 12.3. The third-order valence-electron chi connectivity index (χ3n) is 5.34. The van der Waals surface area contributed by atoms with Gasteiger partial charge in [0.05, 0.1) is 24.4 Å². The highest BCUT2D eigenvalue weighted by Crippen LogP contribution is 2.29. The summed E-state index contributed by atoms with van der Waals surface area (Å²) >= 11 is 1.45. The molecule has 3 heterocycles. The molecule has 10 heteroatoms. The van der Waals surface area contributed by atoms with Crippen molar-refractivity contribution in [3.05, 3.63) is 69.2 Å². The highest BCUT2D eigenvalue weighted by atomic mass is 32.2. The van der Waals surface area contributed by atoms with Crippen molar-refractivity contribution in [3.63, 3.8) is 0 Å². The molecule has 1 saturated heterocycles. The van der Waals surface area contributed by atoms with Crippen LogP contribution >= 0.6 is 11.3 Å². The van der Waals surface area contributed by atoms with Gasteiger partial charge < -0.3 is 0 Å². The summed E-state index contributed by atoms with van der Waals surface area (Å²) in [5.41, 5.74) is 0.986. The fourth-order valence-corrected chi connectivity index (χ4v) is 5.38. The third-order valence-corrected chi connectivity index (χ3v) is 7.49. The molecule has 8 nitrogen and oxygen atoms in total. The van der Waals surface area contributed by atoms with Crippen LogP contribution in [0.5, 0.6) is 0 Å².